The number of benzene rings is 2. The first-order valence-corrected chi connectivity index (χ1v) is 11.3. The lowest BCUT2D eigenvalue weighted by Crippen LogP contribution is -2.36. The third-order valence-electron chi connectivity index (χ3n) is 6.05. The second kappa shape index (κ2) is 11.6. The zero-order chi connectivity index (χ0) is 26.8. The standard InChI is InChI=1S/C24H23F6N5O2.ClH/c25-23(26,27)16-6-3-14(4-7-16)2-1-11-36-19-9-5-15(12-17(19)24(28,29)30)21-33-22(37-34-21)18-8-10-20(32)35(18)13-31;/h3-7,9,12-13,18,20,31H,1-2,8,10-11,32H2;1H. The Morgan fingerprint density at radius 3 is 2.39 bits per heavy atom. The van der Waals surface area contributed by atoms with Gasteiger partial charge in [0.25, 0.3) is 0 Å². The number of alkyl halides is 6. The number of nitrogens with two attached hydrogens (primary N) is 1. The van der Waals surface area contributed by atoms with Gasteiger partial charge in [-0.05, 0) is 61.6 Å². The van der Waals surface area contributed by atoms with E-state index in [0.29, 0.717) is 31.2 Å². The third kappa shape index (κ3) is 6.57. The zero-order valence-electron chi connectivity index (χ0n) is 19.7. The molecule has 38 heavy (non-hydrogen) atoms. The van der Waals surface area contributed by atoms with Gasteiger partial charge in [-0.3, -0.25) is 5.41 Å². The molecule has 7 nitrogen and oxygen atoms in total. The summed E-state index contributed by atoms with van der Waals surface area (Å²) >= 11 is 0. The fraction of sp³-hybridized carbons (Fsp3) is 0.375. The van der Waals surface area contributed by atoms with Gasteiger partial charge in [0.15, 0.2) is 0 Å². The van der Waals surface area contributed by atoms with Crippen LogP contribution in [0.3, 0.4) is 0 Å². The molecule has 2 unspecified atom stereocenters. The molecule has 206 valence electrons. The van der Waals surface area contributed by atoms with Crippen molar-refractivity contribution in [3.63, 3.8) is 0 Å². The number of rotatable bonds is 8. The van der Waals surface area contributed by atoms with Crippen molar-refractivity contribution >= 4 is 18.7 Å². The lowest BCUT2D eigenvalue weighted by molar-refractivity contribution is -0.139. The van der Waals surface area contributed by atoms with Gasteiger partial charge in [-0.2, -0.15) is 31.3 Å². The summed E-state index contributed by atoms with van der Waals surface area (Å²) in [7, 11) is 0. The predicted octanol–water partition coefficient (Wildman–Crippen LogP) is 6.24. The maximum Gasteiger partial charge on any atom is 0.419 e. The Morgan fingerprint density at radius 1 is 1.05 bits per heavy atom. The Kier molecular flexibility index (Phi) is 8.93. The van der Waals surface area contributed by atoms with E-state index in [4.69, 9.17) is 20.4 Å². The zero-order valence-corrected chi connectivity index (χ0v) is 20.5. The van der Waals surface area contributed by atoms with Gasteiger partial charge < -0.3 is 19.9 Å². The lowest BCUT2D eigenvalue weighted by atomic mass is 10.1. The van der Waals surface area contributed by atoms with Crippen molar-refractivity contribution in [1.82, 2.24) is 15.0 Å². The van der Waals surface area contributed by atoms with E-state index < -0.39 is 29.5 Å². The number of aromatic nitrogens is 2. The van der Waals surface area contributed by atoms with Crippen LogP contribution in [0.2, 0.25) is 0 Å². The highest BCUT2D eigenvalue weighted by Crippen LogP contribution is 2.39. The summed E-state index contributed by atoms with van der Waals surface area (Å²) in [5.74, 6) is -0.271. The van der Waals surface area contributed by atoms with Crippen LogP contribution in [0.25, 0.3) is 11.4 Å². The average Bonchev–Trinajstić information content (AvgIpc) is 3.47. The van der Waals surface area contributed by atoms with E-state index in [0.717, 1.165) is 24.5 Å². The van der Waals surface area contributed by atoms with Crippen molar-refractivity contribution in [2.75, 3.05) is 6.61 Å². The largest absolute Gasteiger partial charge is 0.493 e. The number of nitrogens with zero attached hydrogens (tertiary/aromatic N) is 3. The molecule has 1 aliphatic rings. The van der Waals surface area contributed by atoms with Crippen LogP contribution in [-0.2, 0) is 18.8 Å². The molecule has 2 heterocycles. The molecular weight excluding hydrogens is 540 g/mol. The summed E-state index contributed by atoms with van der Waals surface area (Å²) in [6, 6.07) is 7.58. The van der Waals surface area contributed by atoms with Crippen molar-refractivity contribution in [1.29, 1.82) is 5.41 Å². The molecule has 1 aromatic heterocycles. The first-order chi connectivity index (χ1) is 17.5. The highest BCUT2D eigenvalue weighted by atomic mass is 35.5. The maximum atomic E-state index is 13.8. The van der Waals surface area contributed by atoms with Crippen LogP contribution < -0.4 is 10.5 Å². The summed E-state index contributed by atoms with van der Waals surface area (Å²) in [6.45, 7) is -0.0722. The summed E-state index contributed by atoms with van der Waals surface area (Å²) in [5.41, 5.74) is 4.83. The lowest BCUT2D eigenvalue weighted by Gasteiger charge is -2.22. The molecule has 0 saturated carbocycles. The van der Waals surface area contributed by atoms with Crippen molar-refractivity contribution in [2.24, 2.45) is 5.73 Å². The quantitative estimate of drug-likeness (QED) is 0.146. The van der Waals surface area contributed by atoms with E-state index in [-0.39, 0.29) is 48.2 Å². The van der Waals surface area contributed by atoms with E-state index in [9.17, 15) is 26.3 Å². The number of hydrogen-bond acceptors (Lipinski definition) is 6. The van der Waals surface area contributed by atoms with Crippen molar-refractivity contribution < 1.29 is 35.6 Å². The molecule has 2 atom stereocenters. The molecule has 1 aliphatic heterocycles. The fourth-order valence-corrected chi connectivity index (χ4v) is 4.12. The maximum absolute atomic E-state index is 13.8. The number of nitrogens with one attached hydrogen (secondary N) is 1. The van der Waals surface area contributed by atoms with Crippen LogP contribution in [0.15, 0.2) is 47.0 Å². The minimum Gasteiger partial charge on any atom is -0.493 e. The molecule has 3 N–H and O–H groups in total. The van der Waals surface area contributed by atoms with E-state index in [2.05, 4.69) is 10.1 Å². The molecule has 1 saturated heterocycles. The summed E-state index contributed by atoms with van der Waals surface area (Å²) in [4.78, 5) is 5.76. The summed E-state index contributed by atoms with van der Waals surface area (Å²) < 4.78 is 89.9. The van der Waals surface area contributed by atoms with Crippen molar-refractivity contribution in [3.05, 3.63) is 65.0 Å². The number of halogens is 7. The average molecular weight is 564 g/mol. The predicted molar refractivity (Wildman–Crippen MR) is 128 cm³/mol. The minimum absolute atomic E-state index is 0. The van der Waals surface area contributed by atoms with Crippen LogP contribution in [0.4, 0.5) is 26.3 Å². The SMILES string of the molecule is Cl.N=CN1C(N)CCC1c1nc(-c2ccc(OCCCc3ccc(C(F)(F)F)cc3)c(C(F)(F)F)c2)no1. The van der Waals surface area contributed by atoms with Crippen LogP contribution in [-0.4, -0.2) is 34.2 Å². The molecule has 2 aromatic carbocycles. The van der Waals surface area contributed by atoms with Crippen LogP contribution in [0.1, 0.15) is 47.9 Å². The topological polar surface area (TPSA) is 101 Å². The monoisotopic (exact) mass is 563 g/mol. The highest BCUT2D eigenvalue weighted by Gasteiger charge is 2.36. The van der Waals surface area contributed by atoms with E-state index in [1.807, 2.05) is 0 Å². The van der Waals surface area contributed by atoms with Gasteiger partial charge in [0.1, 0.15) is 11.8 Å². The molecule has 14 heteroatoms. The van der Waals surface area contributed by atoms with Crippen molar-refractivity contribution in [2.45, 2.75) is 50.2 Å². The molecule has 3 aromatic rings. The summed E-state index contributed by atoms with van der Waals surface area (Å²) in [6.07, 6.45) is -6.68. The molecular formula is C24H24ClF6N5O2. The van der Waals surface area contributed by atoms with Gasteiger partial charge in [0.05, 0.1) is 30.2 Å². The summed E-state index contributed by atoms with van der Waals surface area (Å²) in [5, 5.41) is 11.3. The number of likely N-dealkylation sites (tertiary alicyclic amines) is 1. The second-order valence-corrected chi connectivity index (χ2v) is 8.55. The Hall–Kier alpha value is -3.32. The van der Waals surface area contributed by atoms with E-state index in [1.54, 1.807) is 4.90 Å². The van der Waals surface area contributed by atoms with Gasteiger partial charge >= 0.3 is 12.4 Å². The van der Waals surface area contributed by atoms with Gasteiger partial charge in [-0.15, -0.1) is 12.4 Å². The van der Waals surface area contributed by atoms with Gasteiger partial charge in [-0.1, -0.05) is 17.3 Å². The fourth-order valence-electron chi connectivity index (χ4n) is 4.12. The van der Waals surface area contributed by atoms with E-state index in [1.165, 1.54) is 24.3 Å². The van der Waals surface area contributed by atoms with Crippen LogP contribution in [0.5, 0.6) is 5.75 Å². The van der Waals surface area contributed by atoms with Crippen molar-refractivity contribution in [3.8, 4) is 17.1 Å². The van der Waals surface area contributed by atoms with Crippen LogP contribution in [0, 0.1) is 5.41 Å². The Balaban J connectivity index is 0.00000400. The number of hydrogen-bond donors (Lipinski definition) is 2. The van der Waals surface area contributed by atoms with Gasteiger partial charge in [-0.25, -0.2) is 0 Å². The minimum atomic E-state index is -4.72. The molecule has 0 radical (unpaired) electrons. The first-order valence-electron chi connectivity index (χ1n) is 11.3. The Morgan fingerprint density at radius 2 is 1.76 bits per heavy atom. The first kappa shape index (κ1) is 29.2. The van der Waals surface area contributed by atoms with Gasteiger partial charge in [0, 0.05) is 5.56 Å². The number of aryl methyl sites for hydroxylation is 1. The normalized spacial score (nSPS) is 17.8. The highest BCUT2D eigenvalue weighted by molar-refractivity contribution is 5.85. The smallest absolute Gasteiger partial charge is 0.419 e. The molecule has 0 bridgehead atoms. The molecule has 1 fully saturated rings. The molecule has 4 rings (SSSR count). The molecule has 0 amide bonds. The van der Waals surface area contributed by atoms with E-state index >= 15 is 0 Å². The Bertz CT molecular complexity index is 1230. The molecule has 0 spiro atoms. The Labute approximate surface area is 219 Å². The second-order valence-electron chi connectivity index (χ2n) is 8.55. The van der Waals surface area contributed by atoms with Crippen LogP contribution >= 0.6 is 12.4 Å². The third-order valence-corrected chi connectivity index (χ3v) is 6.05. The number of ether oxygens (including phenoxy) is 1. The molecule has 0 aliphatic carbocycles. The van der Waals surface area contributed by atoms with Gasteiger partial charge in [0.2, 0.25) is 11.7 Å².